The van der Waals surface area contributed by atoms with Crippen molar-refractivity contribution in [2.24, 2.45) is 0 Å². The number of carbonyl (C=O) groups excluding carboxylic acids is 2. The normalized spacial score (nSPS) is 14.7. The lowest BCUT2D eigenvalue weighted by Gasteiger charge is -2.30. The second-order valence-corrected chi connectivity index (χ2v) is 12.2. The number of hydrogen-bond acceptors (Lipinski definition) is 5. The van der Waals surface area contributed by atoms with Crippen molar-refractivity contribution in [3.8, 4) is 5.75 Å². The molecular formula is C29H41N3O5S. The standard InChI is InChI=1S/C29H41N3O5S/c1-21-17-22(2)19-26(18-21)32(38(5,35)36)16-8-11-28(33)31(20-24-12-14-27(37-4)15-13-24)23(3)29(34)30-25-9-6-7-10-25/h12-15,17-19,23,25H,6-11,16,20H2,1-5H3,(H,30,34)/t23-/m1/s1. The number of nitrogens with zero attached hydrogens (tertiary/aromatic N) is 2. The van der Waals surface area contributed by atoms with Crippen molar-refractivity contribution in [3.63, 3.8) is 0 Å². The van der Waals surface area contributed by atoms with Crippen LogP contribution in [0.4, 0.5) is 5.69 Å². The van der Waals surface area contributed by atoms with E-state index >= 15 is 0 Å². The number of benzene rings is 2. The summed E-state index contributed by atoms with van der Waals surface area (Å²) in [4.78, 5) is 28.2. The Labute approximate surface area is 227 Å². The van der Waals surface area contributed by atoms with Crippen molar-refractivity contribution in [1.29, 1.82) is 0 Å². The lowest BCUT2D eigenvalue weighted by atomic mass is 10.1. The quantitative estimate of drug-likeness (QED) is 0.430. The minimum absolute atomic E-state index is 0.119. The number of hydrogen-bond donors (Lipinski definition) is 1. The zero-order chi connectivity index (χ0) is 27.9. The van der Waals surface area contributed by atoms with Gasteiger partial charge in [0.1, 0.15) is 11.8 Å². The molecule has 2 amide bonds. The summed E-state index contributed by atoms with van der Waals surface area (Å²) in [6, 6.07) is 12.6. The zero-order valence-corrected chi connectivity index (χ0v) is 24.0. The summed E-state index contributed by atoms with van der Waals surface area (Å²) < 4.78 is 31.8. The van der Waals surface area contributed by atoms with Crippen LogP contribution in [0.25, 0.3) is 0 Å². The van der Waals surface area contributed by atoms with Gasteiger partial charge in [-0.05, 0) is 81.0 Å². The second kappa shape index (κ2) is 13.1. The molecule has 208 valence electrons. The average Bonchev–Trinajstić information content (AvgIpc) is 3.36. The molecule has 0 heterocycles. The summed E-state index contributed by atoms with van der Waals surface area (Å²) >= 11 is 0. The van der Waals surface area contributed by atoms with Crippen LogP contribution >= 0.6 is 0 Å². The fourth-order valence-electron chi connectivity index (χ4n) is 5.00. The maximum absolute atomic E-state index is 13.5. The Kier molecular flexibility index (Phi) is 10.2. The van der Waals surface area contributed by atoms with E-state index in [9.17, 15) is 18.0 Å². The smallest absolute Gasteiger partial charge is 0.242 e. The molecule has 0 aliphatic heterocycles. The second-order valence-electron chi connectivity index (χ2n) is 10.3. The molecule has 3 rings (SSSR count). The summed E-state index contributed by atoms with van der Waals surface area (Å²) in [7, 11) is -1.94. The van der Waals surface area contributed by atoms with Crippen molar-refractivity contribution >= 4 is 27.5 Å². The molecule has 1 aliphatic carbocycles. The number of carbonyl (C=O) groups is 2. The molecule has 0 aromatic heterocycles. The molecule has 38 heavy (non-hydrogen) atoms. The van der Waals surface area contributed by atoms with Gasteiger partial charge in [-0.15, -0.1) is 0 Å². The monoisotopic (exact) mass is 543 g/mol. The Morgan fingerprint density at radius 3 is 2.21 bits per heavy atom. The number of ether oxygens (including phenoxy) is 1. The van der Waals surface area contributed by atoms with Crippen LogP contribution in [0, 0.1) is 13.8 Å². The topological polar surface area (TPSA) is 96.0 Å². The molecule has 8 nitrogen and oxygen atoms in total. The summed E-state index contributed by atoms with van der Waals surface area (Å²) in [6.45, 7) is 6.05. The number of anilines is 1. The van der Waals surface area contributed by atoms with Crippen LogP contribution in [0.5, 0.6) is 5.75 Å². The van der Waals surface area contributed by atoms with Crippen molar-refractivity contribution in [2.75, 3.05) is 24.2 Å². The fraction of sp³-hybridized carbons (Fsp3) is 0.517. The van der Waals surface area contributed by atoms with Gasteiger partial charge in [-0.25, -0.2) is 8.42 Å². The Bertz CT molecular complexity index is 1190. The van der Waals surface area contributed by atoms with Crippen molar-refractivity contribution in [2.45, 2.75) is 77.9 Å². The van der Waals surface area contributed by atoms with Gasteiger partial charge in [-0.1, -0.05) is 31.0 Å². The van der Waals surface area contributed by atoms with Gasteiger partial charge in [0.2, 0.25) is 21.8 Å². The van der Waals surface area contributed by atoms with Gasteiger partial charge in [0.25, 0.3) is 0 Å². The van der Waals surface area contributed by atoms with Crippen LogP contribution < -0.4 is 14.4 Å². The third-order valence-electron chi connectivity index (χ3n) is 7.03. The van der Waals surface area contributed by atoms with Gasteiger partial charge in [0.15, 0.2) is 0 Å². The molecule has 0 bridgehead atoms. The van der Waals surface area contributed by atoms with E-state index in [1.54, 1.807) is 18.9 Å². The Morgan fingerprint density at radius 2 is 1.66 bits per heavy atom. The molecule has 0 unspecified atom stereocenters. The third-order valence-corrected chi connectivity index (χ3v) is 8.22. The number of sulfonamides is 1. The molecule has 1 aliphatic rings. The molecule has 1 fully saturated rings. The predicted octanol–water partition coefficient (Wildman–Crippen LogP) is 4.33. The van der Waals surface area contributed by atoms with E-state index in [1.807, 2.05) is 56.3 Å². The van der Waals surface area contributed by atoms with Gasteiger partial charge in [-0.3, -0.25) is 13.9 Å². The van der Waals surface area contributed by atoms with Crippen LogP contribution in [-0.4, -0.2) is 57.1 Å². The maximum atomic E-state index is 13.5. The molecule has 0 saturated heterocycles. The van der Waals surface area contributed by atoms with Crippen LogP contribution in [0.15, 0.2) is 42.5 Å². The van der Waals surface area contributed by atoms with E-state index in [1.165, 1.54) is 10.6 Å². The predicted molar refractivity (Wildman–Crippen MR) is 151 cm³/mol. The number of aryl methyl sites for hydroxylation is 2. The van der Waals surface area contributed by atoms with Gasteiger partial charge in [0, 0.05) is 25.6 Å². The summed E-state index contributed by atoms with van der Waals surface area (Å²) in [5, 5.41) is 3.10. The molecule has 1 N–H and O–H groups in total. The first-order valence-corrected chi connectivity index (χ1v) is 15.1. The molecule has 0 radical (unpaired) electrons. The molecule has 2 aromatic rings. The molecule has 9 heteroatoms. The number of methoxy groups -OCH3 is 1. The summed E-state index contributed by atoms with van der Waals surface area (Å²) in [6.07, 6.45) is 5.76. The van der Waals surface area contributed by atoms with E-state index in [2.05, 4.69) is 5.32 Å². The lowest BCUT2D eigenvalue weighted by molar-refractivity contribution is -0.141. The van der Waals surface area contributed by atoms with E-state index in [0.717, 1.165) is 42.4 Å². The highest BCUT2D eigenvalue weighted by Crippen LogP contribution is 2.23. The van der Waals surface area contributed by atoms with Crippen LogP contribution in [0.2, 0.25) is 0 Å². The van der Waals surface area contributed by atoms with Gasteiger partial charge in [-0.2, -0.15) is 0 Å². The van der Waals surface area contributed by atoms with Crippen molar-refractivity contribution < 1.29 is 22.7 Å². The first-order chi connectivity index (χ1) is 18.0. The van der Waals surface area contributed by atoms with Gasteiger partial charge < -0.3 is 15.0 Å². The lowest BCUT2D eigenvalue weighted by Crippen LogP contribution is -2.49. The first-order valence-electron chi connectivity index (χ1n) is 13.3. The van der Waals surface area contributed by atoms with E-state index in [4.69, 9.17) is 4.74 Å². The highest BCUT2D eigenvalue weighted by Gasteiger charge is 2.28. The molecule has 0 spiro atoms. The molecule has 2 aromatic carbocycles. The molecule has 1 atom stereocenters. The van der Waals surface area contributed by atoms with Crippen LogP contribution in [0.1, 0.15) is 62.1 Å². The minimum atomic E-state index is -3.54. The SMILES string of the molecule is COc1ccc(CN(C(=O)CCCN(c2cc(C)cc(C)c2)S(C)(=O)=O)[C@H](C)C(=O)NC2CCCC2)cc1. The van der Waals surface area contributed by atoms with Crippen molar-refractivity contribution in [1.82, 2.24) is 10.2 Å². The van der Waals surface area contributed by atoms with Gasteiger partial charge in [0.05, 0.1) is 19.1 Å². The summed E-state index contributed by atoms with van der Waals surface area (Å²) in [5.41, 5.74) is 3.42. The minimum Gasteiger partial charge on any atom is -0.497 e. The number of nitrogens with one attached hydrogen (secondary N) is 1. The maximum Gasteiger partial charge on any atom is 0.242 e. The Morgan fingerprint density at radius 1 is 1.05 bits per heavy atom. The summed E-state index contributed by atoms with van der Waals surface area (Å²) in [5.74, 6) is 0.362. The molecule has 1 saturated carbocycles. The highest BCUT2D eigenvalue weighted by molar-refractivity contribution is 7.92. The molecular weight excluding hydrogens is 502 g/mol. The number of rotatable bonds is 12. The van der Waals surface area contributed by atoms with Crippen LogP contribution in [0.3, 0.4) is 0 Å². The fourth-order valence-corrected chi connectivity index (χ4v) is 5.95. The van der Waals surface area contributed by atoms with Crippen molar-refractivity contribution in [3.05, 3.63) is 59.2 Å². The largest absolute Gasteiger partial charge is 0.497 e. The third kappa shape index (κ3) is 8.21. The van der Waals surface area contributed by atoms with E-state index in [-0.39, 0.29) is 37.4 Å². The van der Waals surface area contributed by atoms with Crippen LogP contribution in [-0.2, 0) is 26.2 Å². The van der Waals surface area contributed by atoms with E-state index < -0.39 is 16.1 Å². The van der Waals surface area contributed by atoms with Gasteiger partial charge >= 0.3 is 0 Å². The van der Waals surface area contributed by atoms with E-state index in [0.29, 0.717) is 17.9 Å². The average molecular weight is 544 g/mol. The zero-order valence-electron chi connectivity index (χ0n) is 23.2. The number of amides is 2. The first kappa shape index (κ1) is 29.5. The Balaban J connectivity index is 1.73. The highest BCUT2D eigenvalue weighted by atomic mass is 32.2. The Hall–Kier alpha value is -3.07.